The lowest BCUT2D eigenvalue weighted by Gasteiger charge is -2.51. The molecule has 140 valence electrons. The van der Waals surface area contributed by atoms with Crippen LogP contribution in [0.1, 0.15) is 25.3 Å². The number of nitrogens with zero attached hydrogens (tertiary/aromatic N) is 2. The molecule has 1 heterocycles. The molecule has 0 unspecified atom stereocenters. The van der Waals surface area contributed by atoms with E-state index in [2.05, 4.69) is 11.4 Å². The molecule has 2 aromatic rings. The van der Waals surface area contributed by atoms with E-state index in [9.17, 15) is 19.6 Å². The Bertz CT molecular complexity index is 843. The van der Waals surface area contributed by atoms with Crippen LogP contribution in [0, 0.1) is 17.1 Å². The summed E-state index contributed by atoms with van der Waals surface area (Å²) in [7, 11) is 0. The van der Waals surface area contributed by atoms with Gasteiger partial charge in [-0.1, -0.05) is 36.4 Å². The van der Waals surface area contributed by atoms with Crippen molar-refractivity contribution >= 4 is 6.03 Å². The third-order valence-corrected chi connectivity index (χ3v) is 4.85. The van der Waals surface area contributed by atoms with Gasteiger partial charge in [-0.3, -0.25) is 0 Å². The predicted molar refractivity (Wildman–Crippen MR) is 100 cm³/mol. The molecule has 1 saturated heterocycles. The van der Waals surface area contributed by atoms with Crippen molar-refractivity contribution in [1.29, 1.82) is 5.26 Å². The molecule has 3 atom stereocenters. The molecule has 0 bridgehead atoms. The maximum atomic E-state index is 13.1. The summed E-state index contributed by atoms with van der Waals surface area (Å²) in [6, 6.07) is 14.6. The Balaban J connectivity index is 1.82. The van der Waals surface area contributed by atoms with Gasteiger partial charge in [0.1, 0.15) is 11.9 Å². The lowest BCUT2D eigenvalue weighted by molar-refractivity contribution is 0.0162. The quantitative estimate of drug-likeness (QED) is 0.871. The van der Waals surface area contributed by atoms with Crippen LogP contribution in [0.4, 0.5) is 9.18 Å². The molecule has 0 aliphatic carbocycles. The van der Waals surface area contributed by atoms with E-state index < -0.39 is 12.1 Å². The van der Waals surface area contributed by atoms with Gasteiger partial charge in [-0.15, -0.1) is 0 Å². The summed E-state index contributed by atoms with van der Waals surface area (Å²) in [6.07, 6.45) is 0. The van der Waals surface area contributed by atoms with Gasteiger partial charge in [0, 0.05) is 12.0 Å². The highest BCUT2D eigenvalue weighted by Gasteiger charge is 2.51. The summed E-state index contributed by atoms with van der Waals surface area (Å²) in [4.78, 5) is 13.8. The van der Waals surface area contributed by atoms with E-state index in [-0.39, 0.29) is 30.4 Å². The number of nitrogens with one attached hydrogen (secondary N) is 1. The van der Waals surface area contributed by atoms with E-state index in [0.29, 0.717) is 0 Å². The summed E-state index contributed by atoms with van der Waals surface area (Å²) in [5, 5.41) is 22.1. The number of hydrogen-bond acceptors (Lipinski definition) is 3. The zero-order valence-electron chi connectivity index (χ0n) is 15.3. The molecule has 1 aliphatic heterocycles. The number of aliphatic hydroxyl groups is 1. The number of rotatable bonds is 4. The molecule has 0 radical (unpaired) electrons. The Morgan fingerprint density at radius 1 is 1.19 bits per heavy atom. The van der Waals surface area contributed by atoms with Crippen LogP contribution in [0.25, 0.3) is 11.1 Å². The van der Waals surface area contributed by atoms with Crippen molar-refractivity contribution < 1.29 is 14.3 Å². The maximum absolute atomic E-state index is 13.1. The first-order valence-electron chi connectivity index (χ1n) is 8.91. The minimum absolute atomic E-state index is 0.0507. The van der Waals surface area contributed by atoms with Crippen molar-refractivity contribution in [3.8, 4) is 17.2 Å². The number of benzene rings is 2. The van der Waals surface area contributed by atoms with Crippen molar-refractivity contribution in [3.63, 3.8) is 0 Å². The zero-order valence-corrected chi connectivity index (χ0v) is 15.3. The number of amides is 2. The Hall–Kier alpha value is -2.91. The largest absolute Gasteiger partial charge is 0.394 e. The second-order valence-corrected chi connectivity index (χ2v) is 6.99. The first kappa shape index (κ1) is 18.9. The van der Waals surface area contributed by atoms with Crippen LogP contribution < -0.4 is 5.32 Å². The Kier molecular flexibility index (Phi) is 5.43. The van der Waals surface area contributed by atoms with E-state index in [1.165, 1.54) is 17.0 Å². The molecular weight excluding hydrogens is 345 g/mol. The van der Waals surface area contributed by atoms with Crippen LogP contribution in [0.2, 0.25) is 0 Å². The number of carbonyl (C=O) groups excluding carboxylic acids is 1. The van der Waals surface area contributed by atoms with Crippen molar-refractivity contribution in [1.82, 2.24) is 10.2 Å². The molecule has 0 saturated carbocycles. The summed E-state index contributed by atoms with van der Waals surface area (Å²) in [5.41, 5.74) is 2.71. The van der Waals surface area contributed by atoms with Crippen LogP contribution in [-0.2, 0) is 0 Å². The van der Waals surface area contributed by atoms with Crippen LogP contribution in [0.5, 0.6) is 0 Å². The topological polar surface area (TPSA) is 76.4 Å². The SMILES string of the molecule is CC(C)NC(=O)N1[C@H](C#N)[C@@H](c2ccc(-c3ccc(F)cc3)cc2)[C@@H]1CO. The minimum Gasteiger partial charge on any atom is -0.394 e. The Morgan fingerprint density at radius 2 is 1.74 bits per heavy atom. The monoisotopic (exact) mass is 367 g/mol. The molecule has 27 heavy (non-hydrogen) atoms. The third kappa shape index (κ3) is 3.64. The second kappa shape index (κ2) is 7.77. The minimum atomic E-state index is -0.627. The van der Waals surface area contributed by atoms with Gasteiger partial charge in [0.2, 0.25) is 0 Å². The fraction of sp³-hybridized carbons (Fsp3) is 0.333. The molecular formula is C21H22FN3O2. The first-order valence-corrected chi connectivity index (χ1v) is 8.91. The third-order valence-electron chi connectivity index (χ3n) is 4.85. The van der Waals surface area contributed by atoms with Gasteiger partial charge in [-0.25, -0.2) is 9.18 Å². The summed E-state index contributed by atoms with van der Waals surface area (Å²) < 4.78 is 13.1. The Morgan fingerprint density at radius 3 is 2.22 bits per heavy atom. The number of likely N-dealkylation sites (tertiary alicyclic amines) is 1. The molecule has 2 N–H and O–H groups in total. The van der Waals surface area contributed by atoms with Gasteiger partial charge >= 0.3 is 6.03 Å². The summed E-state index contributed by atoms with van der Waals surface area (Å²) in [6.45, 7) is 3.48. The van der Waals surface area contributed by atoms with Gasteiger partial charge in [-0.05, 0) is 42.7 Å². The molecule has 2 amide bonds. The van der Waals surface area contributed by atoms with Crippen molar-refractivity contribution in [2.45, 2.75) is 37.9 Å². The zero-order chi connectivity index (χ0) is 19.6. The van der Waals surface area contributed by atoms with Gasteiger partial charge in [0.05, 0.1) is 18.7 Å². The van der Waals surface area contributed by atoms with Crippen molar-refractivity contribution in [2.24, 2.45) is 0 Å². The normalized spacial score (nSPS) is 21.5. The number of carbonyl (C=O) groups is 1. The van der Waals surface area contributed by atoms with E-state index in [1.54, 1.807) is 12.1 Å². The van der Waals surface area contributed by atoms with Gasteiger partial charge in [0.25, 0.3) is 0 Å². The molecule has 5 nitrogen and oxygen atoms in total. The standard InChI is InChI=1S/C21H22FN3O2/c1-13(2)24-21(27)25-18(11-23)20(19(25)12-26)16-5-3-14(4-6-16)15-7-9-17(22)10-8-15/h3-10,13,18-20,26H,12H2,1-2H3,(H,24,27)/t18-,19+,20-/m1/s1. The van der Waals surface area contributed by atoms with E-state index in [0.717, 1.165) is 16.7 Å². The number of halogens is 1. The van der Waals surface area contributed by atoms with Crippen LogP contribution in [-0.4, -0.2) is 40.8 Å². The first-order chi connectivity index (χ1) is 13.0. The smallest absolute Gasteiger partial charge is 0.319 e. The Labute approximate surface area is 158 Å². The summed E-state index contributed by atoms with van der Waals surface area (Å²) in [5.74, 6) is -0.535. The van der Waals surface area contributed by atoms with Gasteiger partial charge in [-0.2, -0.15) is 5.26 Å². The van der Waals surface area contributed by atoms with E-state index in [4.69, 9.17) is 0 Å². The average molecular weight is 367 g/mol. The van der Waals surface area contributed by atoms with Crippen LogP contribution in [0.3, 0.4) is 0 Å². The molecule has 1 aliphatic rings. The molecule has 1 fully saturated rings. The molecule has 6 heteroatoms. The lowest BCUT2D eigenvalue weighted by atomic mass is 9.75. The van der Waals surface area contributed by atoms with Gasteiger partial charge < -0.3 is 15.3 Å². The molecule has 0 aromatic heterocycles. The number of urea groups is 1. The lowest BCUT2D eigenvalue weighted by Crippen LogP contribution is -2.67. The highest BCUT2D eigenvalue weighted by Crippen LogP contribution is 2.40. The number of hydrogen-bond donors (Lipinski definition) is 2. The van der Waals surface area contributed by atoms with Crippen molar-refractivity contribution in [3.05, 3.63) is 59.9 Å². The van der Waals surface area contributed by atoms with Gasteiger partial charge in [0.15, 0.2) is 0 Å². The fourth-order valence-corrected chi connectivity index (χ4v) is 3.55. The van der Waals surface area contributed by atoms with Crippen molar-refractivity contribution in [2.75, 3.05) is 6.61 Å². The predicted octanol–water partition coefficient (Wildman–Crippen LogP) is 3.26. The maximum Gasteiger partial charge on any atom is 0.319 e. The average Bonchev–Trinajstić information content (AvgIpc) is 2.62. The molecule has 2 aromatic carbocycles. The highest BCUT2D eigenvalue weighted by molar-refractivity contribution is 5.77. The molecule has 0 spiro atoms. The van der Waals surface area contributed by atoms with E-state index in [1.807, 2.05) is 38.1 Å². The van der Waals surface area contributed by atoms with Crippen LogP contribution in [0.15, 0.2) is 48.5 Å². The summed E-state index contributed by atoms with van der Waals surface area (Å²) >= 11 is 0. The molecule has 3 rings (SSSR count). The fourth-order valence-electron chi connectivity index (χ4n) is 3.55. The highest BCUT2D eigenvalue weighted by atomic mass is 19.1. The van der Waals surface area contributed by atoms with Crippen LogP contribution >= 0.6 is 0 Å². The number of aliphatic hydroxyl groups excluding tert-OH is 1. The second-order valence-electron chi connectivity index (χ2n) is 6.99. The van der Waals surface area contributed by atoms with E-state index >= 15 is 0 Å². The number of nitriles is 1.